The summed E-state index contributed by atoms with van der Waals surface area (Å²) in [5.41, 5.74) is 1.25. The first-order valence-corrected chi connectivity index (χ1v) is 4.11. The van der Waals surface area contributed by atoms with Gasteiger partial charge in [-0.15, -0.1) is 0 Å². The van der Waals surface area contributed by atoms with Crippen molar-refractivity contribution >= 4 is 5.65 Å². The van der Waals surface area contributed by atoms with Gasteiger partial charge in [-0.1, -0.05) is 6.07 Å². The SMILES string of the molecule is Cc1cccn2c(=O)c(C#N)cnc12. The molecule has 2 aromatic heterocycles. The molecule has 4 nitrogen and oxygen atoms in total. The summed E-state index contributed by atoms with van der Waals surface area (Å²) in [6, 6.07) is 5.44. The Labute approximate surface area is 80.1 Å². The molecule has 0 radical (unpaired) electrons. The van der Waals surface area contributed by atoms with Gasteiger partial charge >= 0.3 is 0 Å². The number of pyridine rings is 1. The summed E-state index contributed by atoms with van der Waals surface area (Å²) in [5.74, 6) is 0. The molecule has 0 amide bonds. The Bertz CT molecular complexity index is 592. The van der Waals surface area contributed by atoms with Crippen LogP contribution < -0.4 is 5.56 Å². The number of aryl methyl sites for hydroxylation is 1. The molecule has 0 unspecified atom stereocenters. The predicted octanol–water partition coefficient (Wildman–Crippen LogP) is 0.875. The minimum absolute atomic E-state index is 0.0631. The molecule has 0 atom stereocenters. The number of rotatable bonds is 0. The third-order valence-corrected chi connectivity index (χ3v) is 2.05. The maximum atomic E-state index is 11.6. The summed E-state index contributed by atoms with van der Waals surface area (Å²) < 4.78 is 1.38. The predicted molar refractivity (Wildman–Crippen MR) is 50.9 cm³/mol. The second kappa shape index (κ2) is 2.96. The van der Waals surface area contributed by atoms with Gasteiger partial charge in [0, 0.05) is 6.20 Å². The van der Waals surface area contributed by atoms with Crippen LogP contribution in [0.2, 0.25) is 0 Å². The lowest BCUT2D eigenvalue weighted by Crippen LogP contribution is -2.17. The van der Waals surface area contributed by atoms with Crippen LogP contribution in [0.15, 0.2) is 29.3 Å². The molecule has 0 aromatic carbocycles. The molecule has 2 rings (SSSR count). The Morgan fingerprint density at radius 3 is 3.07 bits per heavy atom. The molecule has 4 heteroatoms. The van der Waals surface area contributed by atoms with Crippen molar-refractivity contribution in [3.8, 4) is 6.07 Å². The van der Waals surface area contributed by atoms with Crippen molar-refractivity contribution in [2.75, 3.05) is 0 Å². The van der Waals surface area contributed by atoms with Gasteiger partial charge < -0.3 is 0 Å². The summed E-state index contributed by atoms with van der Waals surface area (Å²) in [5, 5.41) is 8.64. The molecule has 0 saturated carbocycles. The monoisotopic (exact) mass is 185 g/mol. The number of nitrogens with zero attached hydrogens (tertiary/aromatic N) is 3. The number of nitriles is 1. The van der Waals surface area contributed by atoms with Gasteiger partial charge in [-0.3, -0.25) is 9.20 Å². The van der Waals surface area contributed by atoms with Crippen LogP contribution >= 0.6 is 0 Å². The van der Waals surface area contributed by atoms with Gasteiger partial charge in [0.25, 0.3) is 5.56 Å². The molecule has 0 aliphatic rings. The highest BCUT2D eigenvalue weighted by Gasteiger charge is 2.04. The van der Waals surface area contributed by atoms with Gasteiger partial charge in [0.1, 0.15) is 17.3 Å². The Morgan fingerprint density at radius 1 is 1.57 bits per heavy atom. The second-order valence-electron chi connectivity index (χ2n) is 2.97. The van der Waals surface area contributed by atoms with Crippen molar-refractivity contribution in [2.24, 2.45) is 0 Å². The first-order chi connectivity index (χ1) is 6.74. The van der Waals surface area contributed by atoms with Crippen LogP contribution in [0, 0.1) is 18.3 Å². The van der Waals surface area contributed by atoms with Gasteiger partial charge in [0.15, 0.2) is 0 Å². The highest BCUT2D eigenvalue weighted by molar-refractivity contribution is 5.47. The zero-order valence-corrected chi connectivity index (χ0v) is 7.56. The molecule has 14 heavy (non-hydrogen) atoms. The summed E-state index contributed by atoms with van der Waals surface area (Å²) >= 11 is 0. The zero-order chi connectivity index (χ0) is 10.1. The van der Waals surface area contributed by atoms with E-state index in [0.717, 1.165) is 5.56 Å². The molecule has 0 aliphatic heterocycles. The quantitative estimate of drug-likeness (QED) is 0.612. The molecule has 0 saturated heterocycles. The summed E-state index contributed by atoms with van der Waals surface area (Å²) in [7, 11) is 0. The van der Waals surface area contributed by atoms with Crippen LogP contribution in [0.3, 0.4) is 0 Å². The van der Waals surface area contributed by atoms with E-state index < -0.39 is 0 Å². The van der Waals surface area contributed by atoms with E-state index in [0.29, 0.717) is 5.65 Å². The van der Waals surface area contributed by atoms with E-state index in [-0.39, 0.29) is 11.1 Å². The number of hydrogen-bond donors (Lipinski definition) is 0. The smallest absolute Gasteiger partial charge is 0.267 e. The molecule has 0 fully saturated rings. The fourth-order valence-corrected chi connectivity index (χ4v) is 1.32. The zero-order valence-electron chi connectivity index (χ0n) is 7.56. The summed E-state index contributed by atoms with van der Waals surface area (Å²) in [6.07, 6.45) is 2.92. The van der Waals surface area contributed by atoms with E-state index >= 15 is 0 Å². The average Bonchev–Trinajstić information content (AvgIpc) is 2.20. The minimum Gasteiger partial charge on any atom is -0.267 e. The molecular formula is C10H7N3O. The van der Waals surface area contributed by atoms with Gasteiger partial charge in [-0.05, 0) is 18.6 Å². The molecular weight excluding hydrogens is 178 g/mol. The van der Waals surface area contributed by atoms with Gasteiger partial charge in [0.05, 0.1) is 6.20 Å². The van der Waals surface area contributed by atoms with Crippen molar-refractivity contribution in [3.63, 3.8) is 0 Å². The lowest BCUT2D eigenvalue weighted by Gasteiger charge is -2.01. The molecule has 68 valence electrons. The van der Waals surface area contributed by atoms with Crippen molar-refractivity contribution in [1.82, 2.24) is 9.38 Å². The van der Waals surface area contributed by atoms with Crippen LogP contribution in [0.5, 0.6) is 0 Å². The molecule has 2 aromatic rings. The van der Waals surface area contributed by atoms with Crippen molar-refractivity contribution in [2.45, 2.75) is 6.92 Å². The number of hydrogen-bond acceptors (Lipinski definition) is 3. The third-order valence-electron chi connectivity index (χ3n) is 2.05. The maximum Gasteiger partial charge on any atom is 0.275 e. The largest absolute Gasteiger partial charge is 0.275 e. The molecule has 0 N–H and O–H groups in total. The van der Waals surface area contributed by atoms with Crippen LogP contribution in [-0.2, 0) is 0 Å². The Kier molecular flexibility index (Phi) is 1.79. The Hall–Kier alpha value is -2.15. The fourth-order valence-electron chi connectivity index (χ4n) is 1.32. The minimum atomic E-state index is -0.318. The van der Waals surface area contributed by atoms with Crippen LogP contribution in [-0.4, -0.2) is 9.38 Å². The highest BCUT2D eigenvalue weighted by Crippen LogP contribution is 2.03. The topological polar surface area (TPSA) is 58.2 Å². The average molecular weight is 185 g/mol. The molecule has 0 aliphatic carbocycles. The Balaban J connectivity index is 3.00. The van der Waals surface area contributed by atoms with Crippen molar-refractivity contribution in [3.05, 3.63) is 46.0 Å². The lowest BCUT2D eigenvalue weighted by atomic mass is 10.3. The van der Waals surface area contributed by atoms with Gasteiger partial charge in [0.2, 0.25) is 0 Å². The first-order valence-electron chi connectivity index (χ1n) is 4.11. The fraction of sp³-hybridized carbons (Fsp3) is 0.100. The van der Waals surface area contributed by atoms with E-state index in [1.54, 1.807) is 12.3 Å². The number of aromatic nitrogens is 2. The molecule has 2 heterocycles. The second-order valence-corrected chi connectivity index (χ2v) is 2.97. The normalized spacial score (nSPS) is 10.0. The van der Waals surface area contributed by atoms with Crippen molar-refractivity contribution in [1.29, 1.82) is 5.26 Å². The lowest BCUT2D eigenvalue weighted by molar-refractivity contribution is 1.02. The van der Waals surface area contributed by atoms with Gasteiger partial charge in [-0.25, -0.2) is 4.98 Å². The van der Waals surface area contributed by atoms with Gasteiger partial charge in [-0.2, -0.15) is 5.26 Å². The van der Waals surface area contributed by atoms with Crippen LogP contribution in [0.4, 0.5) is 0 Å². The number of fused-ring (bicyclic) bond motifs is 1. The van der Waals surface area contributed by atoms with Crippen LogP contribution in [0.1, 0.15) is 11.1 Å². The maximum absolute atomic E-state index is 11.6. The van der Waals surface area contributed by atoms with E-state index in [4.69, 9.17) is 5.26 Å². The van der Waals surface area contributed by atoms with E-state index in [2.05, 4.69) is 4.98 Å². The first kappa shape index (κ1) is 8.45. The van der Waals surface area contributed by atoms with E-state index in [9.17, 15) is 4.79 Å². The summed E-state index contributed by atoms with van der Waals surface area (Å²) in [6.45, 7) is 1.87. The van der Waals surface area contributed by atoms with E-state index in [1.807, 2.05) is 19.1 Å². The van der Waals surface area contributed by atoms with Crippen molar-refractivity contribution < 1.29 is 0 Å². The summed E-state index contributed by atoms with van der Waals surface area (Å²) in [4.78, 5) is 15.7. The molecule has 0 bridgehead atoms. The highest BCUT2D eigenvalue weighted by atomic mass is 16.1. The van der Waals surface area contributed by atoms with E-state index in [1.165, 1.54) is 10.6 Å². The Morgan fingerprint density at radius 2 is 2.36 bits per heavy atom. The standard InChI is InChI=1S/C10H7N3O/c1-7-3-2-4-13-9(7)12-6-8(5-11)10(13)14/h2-4,6H,1H3. The molecule has 0 spiro atoms. The third kappa shape index (κ3) is 1.07. The van der Waals surface area contributed by atoms with Crippen LogP contribution in [0.25, 0.3) is 5.65 Å².